The maximum absolute atomic E-state index is 14.0. The van der Waals surface area contributed by atoms with Crippen molar-refractivity contribution in [2.45, 2.75) is 51.8 Å². The van der Waals surface area contributed by atoms with Gasteiger partial charge in [0.1, 0.15) is 5.75 Å². The van der Waals surface area contributed by atoms with Crippen molar-refractivity contribution in [1.82, 2.24) is 10.2 Å². The van der Waals surface area contributed by atoms with E-state index < -0.39 is 64.4 Å². The number of phenols is 1. The zero-order valence-electron chi connectivity index (χ0n) is 24.2. The number of aliphatic hydroxyl groups is 1. The molecular formula is C29H40N4O7. The van der Waals surface area contributed by atoms with E-state index in [0.29, 0.717) is 23.4 Å². The van der Waals surface area contributed by atoms with Gasteiger partial charge in [0, 0.05) is 44.4 Å². The molecule has 3 aliphatic rings. The Balaban J connectivity index is 1.83. The SMILES string of the molecule is CN(C)c1cc(CNCC(C)(C)C)c(O)c2c1C[C@H]1C[C@H]3C(N(C)C)C(=O)C(C(N)=O)C(=O)[C@@]3(O)C(=O)C1C2=O. The molecule has 0 spiro atoms. The second kappa shape index (κ2) is 10.0. The molecule has 5 N–H and O–H groups in total. The van der Waals surface area contributed by atoms with Crippen molar-refractivity contribution < 1.29 is 34.2 Å². The first-order valence-electron chi connectivity index (χ1n) is 13.5. The van der Waals surface area contributed by atoms with Gasteiger partial charge in [-0.25, -0.2) is 0 Å². The lowest BCUT2D eigenvalue weighted by molar-refractivity contribution is -0.181. The third-order valence-corrected chi connectivity index (χ3v) is 8.57. The number of rotatable bonds is 6. The number of benzene rings is 1. The molecule has 0 bridgehead atoms. The van der Waals surface area contributed by atoms with E-state index in [9.17, 15) is 34.2 Å². The largest absolute Gasteiger partial charge is 0.507 e. The van der Waals surface area contributed by atoms with Crippen LogP contribution in [0, 0.1) is 29.1 Å². The van der Waals surface area contributed by atoms with E-state index in [-0.39, 0.29) is 36.1 Å². The smallest absolute Gasteiger partial charge is 0.235 e. The second-order valence-electron chi connectivity index (χ2n) is 13.1. The average Bonchev–Trinajstić information content (AvgIpc) is 2.81. The van der Waals surface area contributed by atoms with Gasteiger partial charge in [0.05, 0.1) is 17.5 Å². The summed E-state index contributed by atoms with van der Waals surface area (Å²) in [5.74, 6) is -10.4. The maximum Gasteiger partial charge on any atom is 0.235 e. The van der Waals surface area contributed by atoms with Crippen LogP contribution in [-0.2, 0) is 32.1 Å². The molecule has 11 heteroatoms. The summed E-state index contributed by atoms with van der Waals surface area (Å²) in [4.78, 5) is 70.1. The van der Waals surface area contributed by atoms with Crippen molar-refractivity contribution in [2.24, 2.45) is 34.8 Å². The van der Waals surface area contributed by atoms with Crippen LogP contribution in [0.5, 0.6) is 5.75 Å². The monoisotopic (exact) mass is 556 g/mol. The van der Waals surface area contributed by atoms with Gasteiger partial charge in [0.2, 0.25) is 5.91 Å². The first-order chi connectivity index (χ1) is 18.4. The van der Waals surface area contributed by atoms with Gasteiger partial charge in [0.25, 0.3) is 0 Å². The summed E-state index contributed by atoms with van der Waals surface area (Å²) in [7, 11) is 6.77. The van der Waals surface area contributed by atoms with E-state index in [1.165, 1.54) is 4.90 Å². The van der Waals surface area contributed by atoms with E-state index in [2.05, 4.69) is 26.1 Å². The van der Waals surface area contributed by atoms with Gasteiger partial charge in [-0.2, -0.15) is 0 Å². The molecule has 3 aliphatic carbocycles. The molecule has 2 saturated carbocycles. The number of aromatic hydroxyl groups is 1. The van der Waals surface area contributed by atoms with Gasteiger partial charge in [-0.1, -0.05) is 20.8 Å². The highest BCUT2D eigenvalue weighted by Gasteiger charge is 2.69. The van der Waals surface area contributed by atoms with Gasteiger partial charge >= 0.3 is 0 Å². The molecule has 1 aromatic carbocycles. The molecule has 2 fully saturated rings. The van der Waals surface area contributed by atoms with Gasteiger partial charge in [-0.3, -0.25) is 28.9 Å². The van der Waals surface area contributed by atoms with Crippen molar-refractivity contribution in [3.63, 3.8) is 0 Å². The van der Waals surface area contributed by atoms with E-state index >= 15 is 0 Å². The number of carbonyl (C=O) groups excluding carboxylic acids is 5. The molecule has 0 aliphatic heterocycles. The number of Topliss-reactive ketones (excluding diaryl/α,β-unsaturated/α-hetero) is 4. The third-order valence-electron chi connectivity index (χ3n) is 8.57. The minimum atomic E-state index is -2.73. The Bertz CT molecular complexity index is 1300. The maximum atomic E-state index is 14.0. The number of primary amides is 1. The highest BCUT2D eigenvalue weighted by Crippen LogP contribution is 2.52. The molecule has 1 aromatic rings. The quantitative estimate of drug-likeness (QED) is 0.352. The number of phenolic OH excluding ortho intramolecular Hbond substituents is 1. The Labute approximate surface area is 234 Å². The minimum Gasteiger partial charge on any atom is -0.507 e. The van der Waals surface area contributed by atoms with E-state index in [1.54, 1.807) is 14.1 Å². The van der Waals surface area contributed by atoms with E-state index in [0.717, 1.165) is 0 Å². The molecule has 0 saturated heterocycles. The highest BCUT2D eigenvalue weighted by atomic mass is 16.3. The number of anilines is 1. The fourth-order valence-corrected chi connectivity index (χ4v) is 6.81. The topological polar surface area (TPSA) is 170 Å². The summed E-state index contributed by atoms with van der Waals surface area (Å²) < 4.78 is 0. The van der Waals surface area contributed by atoms with Crippen LogP contribution in [0.25, 0.3) is 0 Å². The number of hydrogen-bond donors (Lipinski definition) is 4. The van der Waals surface area contributed by atoms with Crippen LogP contribution < -0.4 is 16.0 Å². The van der Waals surface area contributed by atoms with Crippen molar-refractivity contribution in [3.05, 3.63) is 22.8 Å². The molecule has 1 amide bonds. The van der Waals surface area contributed by atoms with Crippen LogP contribution in [0.15, 0.2) is 6.07 Å². The molecule has 218 valence electrons. The lowest BCUT2D eigenvalue weighted by Crippen LogP contribution is -2.74. The Morgan fingerprint density at radius 3 is 2.27 bits per heavy atom. The minimum absolute atomic E-state index is 0.00496. The van der Waals surface area contributed by atoms with Crippen molar-refractivity contribution in [1.29, 1.82) is 0 Å². The molecular weight excluding hydrogens is 516 g/mol. The highest BCUT2D eigenvalue weighted by molar-refractivity contribution is 6.32. The predicted octanol–water partition coefficient (Wildman–Crippen LogP) is 0.0687. The number of likely N-dealkylation sites (N-methyl/N-ethyl adjacent to an activating group) is 1. The Kier molecular flexibility index (Phi) is 7.49. The molecule has 0 radical (unpaired) electrons. The van der Waals surface area contributed by atoms with Crippen LogP contribution in [0.2, 0.25) is 0 Å². The standard InChI is InChI=1S/C29H40N4O7/c1-28(2,3)12-31-11-14-10-17(32(4)5)15-8-13-9-16-21(33(6)7)24(36)20(27(30)39)26(38)29(16,40)25(37)18(13)23(35)19(15)22(14)34/h10,13,16,18,20-21,31,34,40H,8-9,11-12H2,1-7H3,(H2,30,39)/t13-,16-,18?,20?,21?,29-/m0/s1. The average molecular weight is 557 g/mol. The van der Waals surface area contributed by atoms with Crippen LogP contribution >= 0.6 is 0 Å². The van der Waals surface area contributed by atoms with E-state index in [4.69, 9.17) is 5.73 Å². The van der Waals surface area contributed by atoms with Crippen molar-refractivity contribution in [3.8, 4) is 5.75 Å². The number of nitrogens with one attached hydrogen (secondary N) is 1. The van der Waals surface area contributed by atoms with Crippen LogP contribution in [0.3, 0.4) is 0 Å². The van der Waals surface area contributed by atoms with E-state index in [1.807, 2.05) is 25.1 Å². The van der Waals surface area contributed by atoms with Gasteiger partial charge in [-0.05, 0) is 49.9 Å². The lowest BCUT2D eigenvalue weighted by atomic mass is 9.52. The molecule has 6 atom stereocenters. The Hall–Kier alpha value is -3.15. The number of nitrogens with two attached hydrogens (primary N) is 1. The van der Waals surface area contributed by atoms with Crippen LogP contribution in [0.4, 0.5) is 5.69 Å². The first-order valence-corrected chi connectivity index (χ1v) is 13.5. The fourth-order valence-electron chi connectivity index (χ4n) is 6.81. The number of amides is 1. The van der Waals surface area contributed by atoms with Gasteiger partial charge < -0.3 is 26.2 Å². The molecule has 3 unspecified atom stereocenters. The molecule has 4 rings (SSSR count). The summed E-state index contributed by atoms with van der Waals surface area (Å²) in [5, 5.41) is 26.3. The summed E-state index contributed by atoms with van der Waals surface area (Å²) in [5.41, 5.74) is 4.41. The van der Waals surface area contributed by atoms with Crippen LogP contribution in [-0.4, -0.2) is 90.5 Å². The van der Waals surface area contributed by atoms with Crippen LogP contribution in [0.1, 0.15) is 48.7 Å². The molecule has 0 aromatic heterocycles. The summed E-state index contributed by atoms with van der Waals surface area (Å²) in [6.45, 7) is 7.14. The zero-order valence-corrected chi connectivity index (χ0v) is 24.2. The second-order valence-corrected chi connectivity index (χ2v) is 13.1. The molecule has 0 heterocycles. The van der Waals surface area contributed by atoms with Gasteiger partial charge in [-0.15, -0.1) is 0 Å². The number of ketones is 4. The Morgan fingerprint density at radius 2 is 1.75 bits per heavy atom. The number of hydrogen-bond acceptors (Lipinski definition) is 10. The fraction of sp³-hybridized carbons (Fsp3) is 0.621. The lowest BCUT2D eigenvalue weighted by Gasteiger charge is -2.52. The zero-order chi connectivity index (χ0) is 30.1. The molecule has 40 heavy (non-hydrogen) atoms. The summed E-state index contributed by atoms with van der Waals surface area (Å²) in [6, 6.07) is 0.700. The number of nitrogens with zero attached hydrogens (tertiary/aromatic N) is 2. The van der Waals surface area contributed by atoms with Gasteiger partial charge in [0.15, 0.2) is 34.7 Å². The van der Waals surface area contributed by atoms with Crippen molar-refractivity contribution >= 4 is 34.7 Å². The number of carbonyl (C=O) groups is 5. The summed E-state index contributed by atoms with van der Waals surface area (Å²) in [6.07, 6.45) is 0.245. The first kappa shape index (κ1) is 29.8. The normalized spacial score (nSPS) is 30.2. The molecule has 11 nitrogen and oxygen atoms in total. The summed E-state index contributed by atoms with van der Waals surface area (Å²) >= 11 is 0. The third kappa shape index (κ3) is 4.53. The Morgan fingerprint density at radius 1 is 1.12 bits per heavy atom. The predicted molar refractivity (Wildman–Crippen MR) is 147 cm³/mol. The van der Waals surface area contributed by atoms with Crippen molar-refractivity contribution in [2.75, 3.05) is 39.6 Å². The number of fused-ring (bicyclic) bond motifs is 3.